The summed E-state index contributed by atoms with van der Waals surface area (Å²) in [5.41, 5.74) is 4.56. The van der Waals surface area contributed by atoms with Crippen LogP contribution in [0, 0.1) is 6.92 Å². The predicted octanol–water partition coefficient (Wildman–Crippen LogP) is 3.25. The van der Waals surface area contributed by atoms with E-state index in [1.54, 1.807) is 16.0 Å². The number of hydrogen-bond acceptors (Lipinski definition) is 5. The first kappa shape index (κ1) is 18.1. The Kier molecular flexibility index (Phi) is 4.74. The molecule has 142 valence electrons. The number of thiophene rings is 1. The largest absolute Gasteiger partial charge is 0.350 e. The van der Waals surface area contributed by atoms with Crippen molar-refractivity contribution in [2.24, 2.45) is 7.05 Å². The van der Waals surface area contributed by atoms with Crippen molar-refractivity contribution < 1.29 is 4.79 Å². The molecule has 3 aromatic heterocycles. The Morgan fingerprint density at radius 2 is 2.22 bits per heavy atom. The van der Waals surface area contributed by atoms with Crippen LogP contribution in [0.3, 0.4) is 0 Å². The van der Waals surface area contributed by atoms with E-state index in [9.17, 15) is 4.79 Å². The van der Waals surface area contributed by atoms with Crippen molar-refractivity contribution in [1.82, 2.24) is 25.0 Å². The molecule has 7 heteroatoms. The van der Waals surface area contributed by atoms with Crippen LogP contribution in [-0.2, 0) is 7.05 Å². The third kappa shape index (κ3) is 3.49. The van der Waals surface area contributed by atoms with E-state index in [1.165, 1.54) is 5.56 Å². The molecule has 1 aliphatic carbocycles. The Bertz CT molecular complexity index is 972. The molecule has 0 bridgehead atoms. The van der Waals surface area contributed by atoms with E-state index in [-0.39, 0.29) is 11.9 Å². The molecule has 0 aliphatic heterocycles. The number of aryl methyl sites for hydroxylation is 2. The fourth-order valence-electron chi connectivity index (χ4n) is 3.58. The number of pyridine rings is 1. The second kappa shape index (κ2) is 7.05. The molecule has 1 atom stereocenters. The van der Waals surface area contributed by atoms with Gasteiger partial charge in [-0.05, 0) is 62.3 Å². The second-order valence-corrected chi connectivity index (χ2v) is 8.30. The Morgan fingerprint density at radius 1 is 1.44 bits per heavy atom. The average Bonchev–Trinajstić information content (AvgIpc) is 3.27. The van der Waals surface area contributed by atoms with Gasteiger partial charge in [0.05, 0.1) is 22.7 Å². The Morgan fingerprint density at radius 3 is 2.85 bits per heavy atom. The number of amides is 1. The first-order chi connectivity index (χ1) is 13.0. The van der Waals surface area contributed by atoms with E-state index in [0.29, 0.717) is 18.0 Å². The number of carbonyl (C=O) groups is 1. The van der Waals surface area contributed by atoms with Crippen LogP contribution in [0.1, 0.15) is 52.1 Å². The van der Waals surface area contributed by atoms with Crippen molar-refractivity contribution in [3.8, 4) is 0 Å². The average molecular weight is 384 g/mol. The zero-order valence-corrected chi connectivity index (χ0v) is 17.0. The quantitative estimate of drug-likeness (QED) is 0.710. The van der Waals surface area contributed by atoms with Gasteiger partial charge in [-0.3, -0.25) is 9.48 Å². The van der Waals surface area contributed by atoms with E-state index in [2.05, 4.69) is 32.1 Å². The molecule has 1 saturated carbocycles. The first-order valence-electron chi connectivity index (χ1n) is 9.26. The summed E-state index contributed by atoms with van der Waals surface area (Å²) in [7, 11) is 5.96. The summed E-state index contributed by atoms with van der Waals surface area (Å²) in [5, 5.41) is 12.7. The molecule has 1 aliphatic rings. The van der Waals surface area contributed by atoms with Gasteiger partial charge < -0.3 is 10.2 Å². The monoisotopic (exact) mass is 383 g/mol. The molecule has 0 saturated heterocycles. The van der Waals surface area contributed by atoms with Crippen LogP contribution in [0.15, 0.2) is 22.9 Å². The summed E-state index contributed by atoms with van der Waals surface area (Å²) in [4.78, 5) is 20.0. The molecule has 1 unspecified atom stereocenters. The van der Waals surface area contributed by atoms with E-state index < -0.39 is 0 Å². The van der Waals surface area contributed by atoms with Crippen LogP contribution in [0.5, 0.6) is 0 Å². The first-order valence-corrected chi connectivity index (χ1v) is 10.2. The lowest BCUT2D eigenvalue weighted by atomic mass is 10.1. The van der Waals surface area contributed by atoms with Crippen LogP contribution in [-0.4, -0.2) is 46.2 Å². The summed E-state index contributed by atoms with van der Waals surface area (Å²) in [5.74, 6) is 0.430. The van der Waals surface area contributed by atoms with Gasteiger partial charge in [0.25, 0.3) is 5.91 Å². The topological polar surface area (TPSA) is 63.1 Å². The number of fused-ring (bicyclic) bond motifs is 1. The van der Waals surface area contributed by atoms with Gasteiger partial charge in [-0.2, -0.15) is 16.4 Å². The molecule has 0 spiro atoms. The molecule has 1 N–H and O–H groups in total. The molecule has 6 nitrogen and oxygen atoms in total. The molecule has 27 heavy (non-hydrogen) atoms. The van der Waals surface area contributed by atoms with Gasteiger partial charge in [-0.15, -0.1) is 0 Å². The lowest BCUT2D eigenvalue weighted by Crippen LogP contribution is -2.34. The minimum atomic E-state index is -0.0533. The van der Waals surface area contributed by atoms with Crippen molar-refractivity contribution in [2.45, 2.75) is 31.7 Å². The molecule has 1 amide bonds. The molecule has 0 aromatic carbocycles. The Balaban J connectivity index is 1.64. The maximum atomic E-state index is 13.1. The van der Waals surface area contributed by atoms with E-state index >= 15 is 0 Å². The molecule has 3 heterocycles. The van der Waals surface area contributed by atoms with Crippen LogP contribution in [0.2, 0.25) is 0 Å². The van der Waals surface area contributed by atoms with Crippen LogP contribution >= 0.6 is 11.3 Å². The van der Waals surface area contributed by atoms with Crippen LogP contribution < -0.4 is 5.32 Å². The number of aromatic nitrogens is 3. The van der Waals surface area contributed by atoms with Crippen molar-refractivity contribution in [3.05, 3.63) is 45.4 Å². The third-order valence-corrected chi connectivity index (χ3v) is 5.94. The van der Waals surface area contributed by atoms with Gasteiger partial charge in [0, 0.05) is 25.2 Å². The number of nitrogens with one attached hydrogen (secondary N) is 1. The fraction of sp³-hybridized carbons (Fsp3) is 0.450. The van der Waals surface area contributed by atoms with Gasteiger partial charge in [0.15, 0.2) is 5.65 Å². The summed E-state index contributed by atoms with van der Waals surface area (Å²) in [6.45, 7) is 2.50. The highest BCUT2D eigenvalue weighted by molar-refractivity contribution is 7.07. The molecule has 3 aromatic rings. The SMILES string of the molecule is Cc1nn(C)c2nc(C3CC3)cc(C(=O)NCC(c3ccsc3)N(C)C)c12. The molecular weight excluding hydrogens is 358 g/mol. The highest BCUT2D eigenvalue weighted by atomic mass is 32.1. The summed E-state index contributed by atoms with van der Waals surface area (Å²) in [6, 6.07) is 4.23. The summed E-state index contributed by atoms with van der Waals surface area (Å²) < 4.78 is 1.78. The zero-order chi connectivity index (χ0) is 19.1. The van der Waals surface area contributed by atoms with Gasteiger partial charge in [0.2, 0.25) is 0 Å². The number of rotatable bonds is 6. The lowest BCUT2D eigenvalue weighted by molar-refractivity contribution is 0.0943. The second-order valence-electron chi connectivity index (χ2n) is 7.52. The van der Waals surface area contributed by atoms with Crippen LogP contribution in [0.25, 0.3) is 11.0 Å². The summed E-state index contributed by atoms with van der Waals surface area (Å²) in [6.07, 6.45) is 2.30. The van der Waals surface area contributed by atoms with Gasteiger partial charge in [-0.25, -0.2) is 4.98 Å². The Labute approximate surface area is 163 Å². The molecule has 4 rings (SSSR count). The minimum absolute atomic E-state index is 0.0533. The minimum Gasteiger partial charge on any atom is -0.350 e. The number of carbonyl (C=O) groups excluding carboxylic acids is 1. The number of nitrogens with zero attached hydrogens (tertiary/aromatic N) is 4. The zero-order valence-electron chi connectivity index (χ0n) is 16.2. The van der Waals surface area contributed by atoms with Crippen LogP contribution in [0.4, 0.5) is 0 Å². The third-order valence-electron chi connectivity index (χ3n) is 5.24. The van der Waals surface area contributed by atoms with Crippen molar-refractivity contribution in [1.29, 1.82) is 0 Å². The lowest BCUT2D eigenvalue weighted by Gasteiger charge is -2.24. The maximum absolute atomic E-state index is 13.1. The number of likely N-dealkylation sites (N-methyl/N-ethyl adjacent to an activating group) is 1. The van der Waals surface area contributed by atoms with E-state index in [4.69, 9.17) is 4.98 Å². The highest BCUT2D eigenvalue weighted by Crippen LogP contribution is 2.40. The van der Waals surface area contributed by atoms with Gasteiger partial charge >= 0.3 is 0 Å². The summed E-state index contributed by atoms with van der Waals surface area (Å²) >= 11 is 1.68. The normalized spacial score (nSPS) is 15.4. The molecular formula is C20H25N5OS. The predicted molar refractivity (Wildman–Crippen MR) is 108 cm³/mol. The highest BCUT2D eigenvalue weighted by Gasteiger charge is 2.28. The van der Waals surface area contributed by atoms with Crippen molar-refractivity contribution in [3.63, 3.8) is 0 Å². The van der Waals surface area contributed by atoms with Crippen molar-refractivity contribution >= 4 is 28.3 Å². The standard InChI is InChI=1S/C20H25N5OS/c1-12-18-15(9-16(13-5-6-13)22-19(18)25(4)23-12)20(26)21-10-17(24(2)3)14-7-8-27-11-14/h7-9,11,13,17H,5-6,10H2,1-4H3,(H,21,26). The molecule has 0 radical (unpaired) electrons. The number of hydrogen-bond donors (Lipinski definition) is 1. The fourth-order valence-corrected chi connectivity index (χ4v) is 4.29. The van der Waals surface area contributed by atoms with E-state index in [0.717, 1.165) is 35.3 Å². The maximum Gasteiger partial charge on any atom is 0.252 e. The smallest absolute Gasteiger partial charge is 0.252 e. The molecule has 1 fully saturated rings. The Hall–Kier alpha value is -2.25. The van der Waals surface area contributed by atoms with Crippen molar-refractivity contribution in [2.75, 3.05) is 20.6 Å². The van der Waals surface area contributed by atoms with Gasteiger partial charge in [-0.1, -0.05) is 0 Å². The van der Waals surface area contributed by atoms with Gasteiger partial charge in [0.1, 0.15) is 0 Å². The van der Waals surface area contributed by atoms with E-state index in [1.807, 2.05) is 34.1 Å².